The lowest BCUT2D eigenvalue weighted by atomic mass is 10.1. The monoisotopic (exact) mass is 228 g/mol. The van der Waals surface area contributed by atoms with Crippen LogP contribution in [0.15, 0.2) is 24.5 Å². The summed E-state index contributed by atoms with van der Waals surface area (Å²) in [7, 11) is 0. The molecule has 0 amide bonds. The minimum Gasteiger partial charge on any atom is -0.345 e. The number of nitrogens with two attached hydrogens (primary N) is 1. The van der Waals surface area contributed by atoms with Gasteiger partial charge in [-0.05, 0) is 31.9 Å². The number of aryl methyl sites for hydroxylation is 1. The zero-order chi connectivity index (χ0) is 11.9. The standard InChI is InChI=1S/C13H16N4/c1-9-11(10-3-2-6-15-7-10)17-12(16-9)13(8-14)4-5-13/h2-3,6-7H,4-5,8,14H2,1H3,(H,16,17). The van der Waals surface area contributed by atoms with Crippen LogP contribution in [0.25, 0.3) is 11.3 Å². The van der Waals surface area contributed by atoms with Crippen LogP contribution in [0.2, 0.25) is 0 Å². The molecule has 1 saturated carbocycles. The first-order chi connectivity index (χ1) is 8.25. The van der Waals surface area contributed by atoms with E-state index in [0.717, 1.165) is 35.6 Å². The van der Waals surface area contributed by atoms with Gasteiger partial charge in [0, 0.05) is 35.6 Å². The Bertz CT molecular complexity index is 526. The van der Waals surface area contributed by atoms with Crippen molar-refractivity contribution in [3.05, 3.63) is 36.0 Å². The summed E-state index contributed by atoms with van der Waals surface area (Å²) in [4.78, 5) is 12.2. The SMILES string of the molecule is Cc1[nH]c(C2(CN)CC2)nc1-c1cccnc1. The summed E-state index contributed by atoms with van der Waals surface area (Å²) in [5, 5.41) is 0. The molecule has 4 nitrogen and oxygen atoms in total. The Kier molecular flexibility index (Phi) is 2.26. The Morgan fingerprint density at radius 3 is 2.88 bits per heavy atom. The maximum Gasteiger partial charge on any atom is 0.114 e. The van der Waals surface area contributed by atoms with Crippen LogP contribution in [0.3, 0.4) is 0 Å². The van der Waals surface area contributed by atoms with Crippen molar-refractivity contribution in [2.45, 2.75) is 25.2 Å². The quantitative estimate of drug-likeness (QED) is 0.841. The molecule has 3 N–H and O–H groups in total. The molecule has 2 heterocycles. The number of nitrogens with one attached hydrogen (secondary N) is 1. The first kappa shape index (κ1) is 10.5. The number of H-pyrrole nitrogens is 1. The summed E-state index contributed by atoms with van der Waals surface area (Å²) in [5.41, 5.74) is 9.08. The average Bonchev–Trinajstić information content (AvgIpc) is 3.08. The number of aromatic amines is 1. The lowest BCUT2D eigenvalue weighted by Gasteiger charge is -2.07. The van der Waals surface area contributed by atoms with Gasteiger partial charge in [-0.25, -0.2) is 4.98 Å². The van der Waals surface area contributed by atoms with E-state index in [0.29, 0.717) is 6.54 Å². The van der Waals surface area contributed by atoms with E-state index >= 15 is 0 Å². The molecule has 1 fully saturated rings. The molecule has 0 aliphatic heterocycles. The van der Waals surface area contributed by atoms with Crippen molar-refractivity contribution in [1.82, 2.24) is 15.0 Å². The van der Waals surface area contributed by atoms with E-state index < -0.39 is 0 Å². The van der Waals surface area contributed by atoms with E-state index in [2.05, 4.69) is 9.97 Å². The van der Waals surface area contributed by atoms with Crippen molar-refractivity contribution in [3.8, 4) is 11.3 Å². The van der Waals surface area contributed by atoms with Gasteiger partial charge in [0.2, 0.25) is 0 Å². The molecule has 0 radical (unpaired) electrons. The highest BCUT2D eigenvalue weighted by molar-refractivity contribution is 5.61. The maximum atomic E-state index is 5.83. The summed E-state index contributed by atoms with van der Waals surface area (Å²) in [6.07, 6.45) is 5.90. The van der Waals surface area contributed by atoms with Crippen LogP contribution >= 0.6 is 0 Å². The molecule has 0 spiro atoms. The predicted molar refractivity (Wildman–Crippen MR) is 66.5 cm³/mol. The third-order valence-corrected chi connectivity index (χ3v) is 3.57. The minimum atomic E-state index is 0.116. The van der Waals surface area contributed by atoms with Gasteiger partial charge in [-0.15, -0.1) is 0 Å². The number of hydrogen-bond donors (Lipinski definition) is 2. The summed E-state index contributed by atoms with van der Waals surface area (Å²) >= 11 is 0. The van der Waals surface area contributed by atoms with Crippen LogP contribution in [0.5, 0.6) is 0 Å². The molecule has 0 saturated heterocycles. The summed E-state index contributed by atoms with van der Waals surface area (Å²) in [6.45, 7) is 2.72. The Balaban J connectivity index is 2.03. The fraction of sp³-hybridized carbons (Fsp3) is 0.385. The maximum absolute atomic E-state index is 5.83. The van der Waals surface area contributed by atoms with Gasteiger partial charge >= 0.3 is 0 Å². The third kappa shape index (κ3) is 1.65. The van der Waals surface area contributed by atoms with Gasteiger partial charge in [0.25, 0.3) is 0 Å². The van der Waals surface area contributed by atoms with Crippen LogP contribution in [0, 0.1) is 6.92 Å². The van der Waals surface area contributed by atoms with Crippen molar-refractivity contribution < 1.29 is 0 Å². The smallest absolute Gasteiger partial charge is 0.114 e. The van der Waals surface area contributed by atoms with Crippen molar-refractivity contribution >= 4 is 0 Å². The second-order valence-corrected chi connectivity index (χ2v) is 4.79. The van der Waals surface area contributed by atoms with E-state index in [-0.39, 0.29) is 5.41 Å². The number of aromatic nitrogens is 3. The van der Waals surface area contributed by atoms with E-state index in [4.69, 9.17) is 10.7 Å². The highest BCUT2D eigenvalue weighted by Gasteiger charge is 2.45. The molecule has 2 aromatic heterocycles. The molecular weight excluding hydrogens is 212 g/mol. The van der Waals surface area contributed by atoms with E-state index in [1.165, 1.54) is 0 Å². The highest BCUT2D eigenvalue weighted by atomic mass is 15.0. The third-order valence-electron chi connectivity index (χ3n) is 3.57. The van der Waals surface area contributed by atoms with Gasteiger partial charge < -0.3 is 10.7 Å². The first-order valence-corrected chi connectivity index (χ1v) is 5.93. The minimum absolute atomic E-state index is 0.116. The Morgan fingerprint density at radius 2 is 2.29 bits per heavy atom. The fourth-order valence-electron chi connectivity index (χ4n) is 2.18. The summed E-state index contributed by atoms with van der Waals surface area (Å²) < 4.78 is 0. The van der Waals surface area contributed by atoms with Gasteiger partial charge in [0.15, 0.2) is 0 Å². The first-order valence-electron chi connectivity index (χ1n) is 5.93. The van der Waals surface area contributed by atoms with Crippen LogP contribution in [0.4, 0.5) is 0 Å². The molecule has 0 atom stereocenters. The molecular formula is C13H16N4. The van der Waals surface area contributed by atoms with E-state index in [9.17, 15) is 0 Å². The van der Waals surface area contributed by atoms with Crippen molar-refractivity contribution in [1.29, 1.82) is 0 Å². The Morgan fingerprint density at radius 1 is 1.47 bits per heavy atom. The number of hydrogen-bond acceptors (Lipinski definition) is 3. The van der Waals surface area contributed by atoms with Crippen LogP contribution in [-0.4, -0.2) is 21.5 Å². The normalized spacial score (nSPS) is 17.1. The molecule has 4 heteroatoms. The van der Waals surface area contributed by atoms with Crippen molar-refractivity contribution in [2.24, 2.45) is 5.73 Å². The lowest BCUT2D eigenvalue weighted by Crippen LogP contribution is -2.21. The number of imidazole rings is 1. The fourth-order valence-corrected chi connectivity index (χ4v) is 2.18. The van der Waals surface area contributed by atoms with Crippen molar-refractivity contribution in [2.75, 3.05) is 6.54 Å². The van der Waals surface area contributed by atoms with Gasteiger partial charge in [0.05, 0.1) is 5.69 Å². The van der Waals surface area contributed by atoms with E-state index in [1.54, 1.807) is 6.20 Å². The van der Waals surface area contributed by atoms with E-state index in [1.807, 2.05) is 25.3 Å². The molecule has 3 rings (SSSR count). The molecule has 0 aromatic carbocycles. The highest BCUT2D eigenvalue weighted by Crippen LogP contribution is 2.46. The van der Waals surface area contributed by atoms with Gasteiger partial charge in [-0.1, -0.05) is 0 Å². The van der Waals surface area contributed by atoms with Gasteiger partial charge in [0.1, 0.15) is 5.82 Å². The second-order valence-electron chi connectivity index (χ2n) is 4.79. The van der Waals surface area contributed by atoms with Crippen molar-refractivity contribution in [3.63, 3.8) is 0 Å². The summed E-state index contributed by atoms with van der Waals surface area (Å²) in [6, 6.07) is 3.96. The predicted octanol–water partition coefficient (Wildman–Crippen LogP) is 1.77. The Hall–Kier alpha value is -1.68. The molecule has 88 valence electrons. The van der Waals surface area contributed by atoms with Crippen LogP contribution in [-0.2, 0) is 5.41 Å². The lowest BCUT2D eigenvalue weighted by molar-refractivity contribution is 0.658. The number of pyridine rings is 1. The molecule has 17 heavy (non-hydrogen) atoms. The average molecular weight is 228 g/mol. The zero-order valence-corrected chi connectivity index (χ0v) is 9.90. The van der Waals surface area contributed by atoms with Gasteiger partial charge in [-0.2, -0.15) is 0 Å². The van der Waals surface area contributed by atoms with Crippen LogP contribution in [0.1, 0.15) is 24.4 Å². The Labute approximate surface area is 100 Å². The second kappa shape index (κ2) is 3.67. The molecule has 0 bridgehead atoms. The number of rotatable bonds is 3. The van der Waals surface area contributed by atoms with Gasteiger partial charge in [-0.3, -0.25) is 4.98 Å². The molecule has 1 aliphatic carbocycles. The largest absolute Gasteiger partial charge is 0.345 e. The van der Waals surface area contributed by atoms with Crippen LogP contribution < -0.4 is 5.73 Å². The molecule has 0 unspecified atom stereocenters. The zero-order valence-electron chi connectivity index (χ0n) is 9.90. The number of nitrogens with zero attached hydrogens (tertiary/aromatic N) is 2. The summed E-state index contributed by atoms with van der Waals surface area (Å²) in [5.74, 6) is 1.04. The topological polar surface area (TPSA) is 67.6 Å². The molecule has 1 aliphatic rings. The molecule has 2 aromatic rings.